The van der Waals surface area contributed by atoms with Crippen molar-refractivity contribution in [2.24, 2.45) is 0 Å². The lowest BCUT2D eigenvalue weighted by Crippen LogP contribution is -2.28. The van der Waals surface area contributed by atoms with Crippen molar-refractivity contribution in [3.63, 3.8) is 0 Å². The number of anilines is 1. The maximum atomic E-state index is 12.2. The van der Waals surface area contributed by atoms with Crippen LogP contribution >= 0.6 is 11.6 Å². The Balaban J connectivity index is 2.69. The van der Waals surface area contributed by atoms with E-state index in [0.717, 1.165) is 29.7 Å². The number of ether oxygens (including phenoxy) is 1. The highest BCUT2D eigenvalue weighted by atomic mass is 35.5. The third kappa shape index (κ3) is 5.52. The Kier molecular flexibility index (Phi) is 8.09. The van der Waals surface area contributed by atoms with E-state index in [4.69, 9.17) is 16.3 Å². The van der Waals surface area contributed by atoms with Crippen molar-refractivity contribution in [1.82, 2.24) is 0 Å². The van der Waals surface area contributed by atoms with Crippen LogP contribution in [0.25, 0.3) is 0 Å². The lowest BCUT2D eigenvalue weighted by atomic mass is 10.0. The highest BCUT2D eigenvalue weighted by Crippen LogP contribution is 2.23. The van der Waals surface area contributed by atoms with Crippen LogP contribution in [0.5, 0.6) is 0 Å². The van der Waals surface area contributed by atoms with Crippen molar-refractivity contribution < 1.29 is 9.53 Å². The zero-order chi connectivity index (χ0) is 15.7. The van der Waals surface area contributed by atoms with E-state index in [9.17, 15) is 4.79 Å². The molecule has 1 unspecified atom stereocenters. The second-order valence-electron chi connectivity index (χ2n) is 4.72. The summed E-state index contributed by atoms with van der Waals surface area (Å²) in [6.45, 7) is 6.74. The Morgan fingerprint density at radius 3 is 2.48 bits per heavy atom. The number of carbonyl (C=O) groups is 1. The molecule has 1 rings (SSSR count). The molecule has 1 aromatic rings. The van der Waals surface area contributed by atoms with Crippen LogP contribution in [0.2, 0.25) is 0 Å². The quantitative estimate of drug-likeness (QED) is 0.448. The van der Waals surface area contributed by atoms with E-state index >= 15 is 0 Å². The molecule has 1 aromatic carbocycles. The zero-order valence-electron chi connectivity index (χ0n) is 13.0. The fourth-order valence-electron chi connectivity index (χ4n) is 2.02. The first-order valence-corrected chi connectivity index (χ1v) is 7.82. The average molecular weight is 310 g/mol. The number of halogens is 1. The van der Waals surface area contributed by atoms with Gasteiger partial charge in [-0.15, -0.1) is 11.6 Å². The summed E-state index contributed by atoms with van der Waals surface area (Å²) in [4.78, 5) is 12.2. The van der Waals surface area contributed by atoms with Crippen LogP contribution in [0.4, 0.5) is 5.69 Å². The summed E-state index contributed by atoms with van der Waals surface area (Å²) < 4.78 is 5.33. The first-order chi connectivity index (χ1) is 10.1. The maximum absolute atomic E-state index is 12.2. The minimum atomic E-state index is -0.690. The van der Waals surface area contributed by atoms with Gasteiger partial charge in [-0.05, 0) is 30.9 Å². The topological polar surface area (TPSA) is 38.3 Å². The highest BCUT2D eigenvalue weighted by Gasteiger charge is 2.18. The summed E-state index contributed by atoms with van der Waals surface area (Å²) in [5.74, 6) is -0.215. The molecule has 0 saturated heterocycles. The summed E-state index contributed by atoms with van der Waals surface area (Å²) in [6.07, 6.45) is 5.51. The lowest BCUT2D eigenvalue weighted by Gasteiger charge is -2.16. The SMILES string of the molecule is C/C=C\COCC(Cl)C(=O)Nc1c(CC)cccc1CC. The van der Waals surface area contributed by atoms with Gasteiger partial charge >= 0.3 is 0 Å². The number of allylic oxidation sites excluding steroid dienone is 1. The van der Waals surface area contributed by atoms with Gasteiger partial charge in [0.05, 0.1) is 13.2 Å². The fraction of sp³-hybridized carbons (Fsp3) is 0.471. The summed E-state index contributed by atoms with van der Waals surface area (Å²) in [5.41, 5.74) is 3.15. The minimum absolute atomic E-state index is 0.202. The second-order valence-corrected chi connectivity index (χ2v) is 5.25. The molecule has 21 heavy (non-hydrogen) atoms. The molecule has 1 amide bonds. The van der Waals surface area contributed by atoms with Crippen LogP contribution in [0.1, 0.15) is 31.9 Å². The second kappa shape index (κ2) is 9.59. The lowest BCUT2D eigenvalue weighted by molar-refractivity contribution is -0.116. The molecular formula is C17H24ClNO2. The van der Waals surface area contributed by atoms with Gasteiger partial charge in [0.25, 0.3) is 0 Å². The maximum Gasteiger partial charge on any atom is 0.244 e. The Morgan fingerprint density at radius 1 is 1.33 bits per heavy atom. The van der Waals surface area contributed by atoms with Gasteiger partial charge in [-0.2, -0.15) is 0 Å². The van der Waals surface area contributed by atoms with Gasteiger partial charge in [0.2, 0.25) is 5.91 Å². The molecule has 0 bridgehead atoms. The van der Waals surface area contributed by atoms with Gasteiger partial charge in [0.15, 0.2) is 0 Å². The smallest absolute Gasteiger partial charge is 0.244 e. The van der Waals surface area contributed by atoms with Crippen LogP contribution in [0, 0.1) is 0 Å². The predicted molar refractivity (Wildman–Crippen MR) is 89.1 cm³/mol. The van der Waals surface area contributed by atoms with E-state index in [2.05, 4.69) is 19.2 Å². The molecule has 0 aliphatic heterocycles. The summed E-state index contributed by atoms with van der Waals surface area (Å²) in [7, 11) is 0. The summed E-state index contributed by atoms with van der Waals surface area (Å²) in [6, 6.07) is 6.08. The molecule has 4 heteroatoms. The first kappa shape index (κ1) is 17.7. The van der Waals surface area contributed by atoms with Gasteiger partial charge in [0.1, 0.15) is 5.38 Å². The van der Waals surface area contributed by atoms with Crippen molar-refractivity contribution in [3.8, 4) is 0 Å². The number of hydrogen-bond donors (Lipinski definition) is 1. The summed E-state index contributed by atoms with van der Waals surface area (Å²) in [5, 5.41) is 2.26. The van der Waals surface area contributed by atoms with E-state index < -0.39 is 5.38 Å². The number of amides is 1. The number of rotatable bonds is 8. The van der Waals surface area contributed by atoms with Crippen molar-refractivity contribution in [3.05, 3.63) is 41.5 Å². The van der Waals surface area contributed by atoms with Gasteiger partial charge in [0, 0.05) is 5.69 Å². The van der Waals surface area contributed by atoms with Crippen LogP contribution in [-0.2, 0) is 22.4 Å². The Labute approximate surface area is 132 Å². The zero-order valence-corrected chi connectivity index (χ0v) is 13.7. The highest BCUT2D eigenvalue weighted by molar-refractivity contribution is 6.32. The number of hydrogen-bond acceptors (Lipinski definition) is 2. The number of aryl methyl sites for hydroxylation is 2. The number of alkyl halides is 1. The van der Waals surface area contributed by atoms with Crippen LogP contribution < -0.4 is 5.32 Å². The third-order valence-corrected chi connectivity index (χ3v) is 3.57. The molecule has 1 N–H and O–H groups in total. The Bertz CT molecular complexity index is 463. The van der Waals surface area contributed by atoms with Gasteiger partial charge in [-0.3, -0.25) is 4.79 Å². The van der Waals surface area contributed by atoms with E-state index in [-0.39, 0.29) is 12.5 Å². The Morgan fingerprint density at radius 2 is 1.95 bits per heavy atom. The molecule has 0 aromatic heterocycles. The van der Waals surface area contributed by atoms with E-state index in [1.807, 2.05) is 37.3 Å². The minimum Gasteiger partial charge on any atom is -0.375 e. The molecule has 0 aliphatic carbocycles. The monoisotopic (exact) mass is 309 g/mol. The van der Waals surface area contributed by atoms with Gasteiger partial charge < -0.3 is 10.1 Å². The van der Waals surface area contributed by atoms with E-state index in [1.165, 1.54) is 0 Å². The molecule has 116 valence electrons. The largest absolute Gasteiger partial charge is 0.375 e. The molecule has 0 saturated carbocycles. The Hall–Kier alpha value is -1.32. The number of nitrogens with one attached hydrogen (secondary N) is 1. The van der Waals surface area contributed by atoms with Crippen molar-refractivity contribution in [2.75, 3.05) is 18.5 Å². The number of para-hydroxylation sites is 1. The molecule has 1 atom stereocenters. The predicted octanol–water partition coefficient (Wildman–Crippen LogP) is 3.95. The van der Waals surface area contributed by atoms with Crippen LogP contribution in [0.15, 0.2) is 30.4 Å². The normalized spacial score (nSPS) is 12.6. The van der Waals surface area contributed by atoms with E-state index in [0.29, 0.717) is 6.61 Å². The molecule has 0 spiro atoms. The van der Waals surface area contributed by atoms with Crippen molar-refractivity contribution in [1.29, 1.82) is 0 Å². The van der Waals surface area contributed by atoms with Gasteiger partial charge in [-0.1, -0.05) is 44.2 Å². The molecular weight excluding hydrogens is 286 g/mol. The van der Waals surface area contributed by atoms with E-state index in [1.54, 1.807) is 0 Å². The molecule has 0 heterocycles. The van der Waals surface area contributed by atoms with Gasteiger partial charge in [-0.25, -0.2) is 0 Å². The average Bonchev–Trinajstić information content (AvgIpc) is 2.51. The fourth-order valence-corrected chi connectivity index (χ4v) is 2.16. The molecule has 3 nitrogen and oxygen atoms in total. The standard InChI is InChI=1S/C17H24ClNO2/c1-4-7-11-21-12-15(18)17(20)19-16-13(5-2)9-8-10-14(16)6-3/h4,7-10,15H,5-6,11-12H2,1-3H3,(H,19,20)/b7-4-. The van der Waals surface area contributed by atoms with Crippen LogP contribution in [-0.4, -0.2) is 24.5 Å². The summed E-state index contributed by atoms with van der Waals surface area (Å²) >= 11 is 6.09. The number of carbonyl (C=O) groups excluding carboxylic acids is 1. The first-order valence-electron chi connectivity index (χ1n) is 7.38. The third-order valence-electron chi connectivity index (χ3n) is 3.25. The molecule has 0 aliphatic rings. The van der Waals surface area contributed by atoms with Crippen molar-refractivity contribution >= 4 is 23.2 Å². The molecule has 0 fully saturated rings. The van der Waals surface area contributed by atoms with Crippen molar-refractivity contribution in [2.45, 2.75) is 39.0 Å². The number of benzene rings is 1. The van der Waals surface area contributed by atoms with Crippen LogP contribution in [0.3, 0.4) is 0 Å². The molecule has 0 radical (unpaired) electrons.